The maximum absolute atomic E-state index is 12.2. The average Bonchev–Trinajstić information content (AvgIpc) is 2.29. The summed E-state index contributed by atoms with van der Waals surface area (Å²) in [5.74, 6) is 0.632. The molecule has 0 aromatic heterocycles. The maximum Gasteiger partial charge on any atom is 0.242 e. The highest BCUT2D eigenvalue weighted by Gasteiger charge is 2.32. The summed E-state index contributed by atoms with van der Waals surface area (Å²) in [4.78, 5) is 14.1. The average molecular weight is 228 g/mol. The smallest absolute Gasteiger partial charge is 0.242 e. The third kappa shape index (κ3) is 3.19. The fourth-order valence-corrected chi connectivity index (χ4v) is 2.17. The van der Waals surface area contributed by atoms with Crippen molar-refractivity contribution in [1.29, 1.82) is 0 Å². The Labute approximate surface area is 98.0 Å². The molecule has 1 amide bonds. The number of piperidine rings is 1. The molecule has 1 aliphatic heterocycles. The van der Waals surface area contributed by atoms with Gasteiger partial charge in [0.1, 0.15) is 0 Å². The molecular weight excluding hydrogens is 204 g/mol. The minimum atomic E-state index is -0.485. The number of aliphatic hydroxyl groups is 1. The second kappa shape index (κ2) is 5.64. The molecule has 0 aromatic carbocycles. The number of hydrogen-bond donors (Lipinski definition) is 2. The predicted molar refractivity (Wildman–Crippen MR) is 64.1 cm³/mol. The molecule has 94 valence electrons. The Morgan fingerprint density at radius 3 is 2.81 bits per heavy atom. The fourth-order valence-electron chi connectivity index (χ4n) is 2.17. The molecule has 1 unspecified atom stereocenters. The van der Waals surface area contributed by atoms with Gasteiger partial charge in [-0.2, -0.15) is 0 Å². The van der Waals surface area contributed by atoms with Crippen molar-refractivity contribution in [3.8, 4) is 0 Å². The molecule has 1 heterocycles. The van der Waals surface area contributed by atoms with Crippen LogP contribution in [0, 0.1) is 5.92 Å². The summed E-state index contributed by atoms with van der Waals surface area (Å²) >= 11 is 0. The second-order valence-corrected chi connectivity index (χ2v) is 5.15. The summed E-state index contributed by atoms with van der Waals surface area (Å²) < 4.78 is 0. The van der Waals surface area contributed by atoms with Crippen LogP contribution in [0.15, 0.2) is 0 Å². The van der Waals surface area contributed by atoms with Crippen LogP contribution in [0.25, 0.3) is 0 Å². The largest absolute Gasteiger partial charge is 0.396 e. The minimum absolute atomic E-state index is 0.164. The molecule has 0 bridgehead atoms. The lowest BCUT2D eigenvalue weighted by molar-refractivity contribution is -0.138. The van der Waals surface area contributed by atoms with Crippen molar-refractivity contribution >= 4 is 5.91 Å². The Hall–Kier alpha value is -0.610. The molecule has 1 saturated heterocycles. The van der Waals surface area contributed by atoms with Gasteiger partial charge in [0.05, 0.1) is 5.54 Å². The molecule has 0 aliphatic carbocycles. The molecule has 2 N–H and O–H groups in total. The number of rotatable bonds is 4. The molecule has 4 heteroatoms. The van der Waals surface area contributed by atoms with Crippen LogP contribution < -0.4 is 5.32 Å². The maximum atomic E-state index is 12.2. The highest BCUT2D eigenvalue weighted by molar-refractivity contribution is 5.85. The number of likely N-dealkylation sites (tertiary alicyclic amines) is 1. The highest BCUT2D eigenvalue weighted by atomic mass is 16.3. The molecule has 0 saturated carbocycles. The van der Waals surface area contributed by atoms with Gasteiger partial charge in [0.15, 0.2) is 0 Å². The Morgan fingerprint density at radius 2 is 2.25 bits per heavy atom. The lowest BCUT2D eigenvalue weighted by Crippen LogP contribution is -2.55. The Balaban J connectivity index is 2.56. The summed E-state index contributed by atoms with van der Waals surface area (Å²) in [7, 11) is 1.81. The lowest BCUT2D eigenvalue weighted by atomic mass is 9.93. The van der Waals surface area contributed by atoms with Crippen molar-refractivity contribution in [3.05, 3.63) is 0 Å². The Bertz CT molecular complexity index is 239. The summed E-state index contributed by atoms with van der Waals surface area (Å²) in [6.07, 6.45) is 2.99. The van der Waals surface area contributed by atoms with Gasteiger partial charge in [-0.25, -0.2) is 0 Å². The highest BCUT2D eigenvalue weighted by Crippen LogP contribution is 2.21. The van der Waals surface area contributed by atoms with E-state index < -0.39 is 5.54 Å². The van der Waals surface area contributed by atoms with Crippen molar-refractivity contribution < 1.29 is 9.90 Å². The molecule has 0 aromatic rings. The first-order valence-electron chi connectivity index (χ1n) is 6.10. The number of hydrogen-bond acceptors (Lipinski definition) is 3. The Kier molecular flexibility index (Phi) is 4.74. The van der Waals surface area contributed by atoms with E-state index >= 15 is 0 Å². The molecule has 1 atom stereocenters. The van der Waals surface area contributed by atoms with Crippen LogP contribution >= 0.6 is 0 Å². The van der Waals surface area contributed by atoms with Gasteiger partial charge in [-0.3, -0.25) is 4.79 Å². The van der Waals surface area contributed by atoms with Crippen molar-refractivity contribution in [3.63, 3.8) is 0 Å². The van der Waals surface area contributed by atoms with E-state index in [0.717, 1.165) is 32.4 Å². The van der Waals surface area contributed by atoms with Crippen molar-refractivity contribution in [2.24, 2.45) is 5.92 Å². The van der Waals surface area contributed by atoms with Crippen molar-refractivity contribution in [2.75, 3.05) is 26.7 Å². The van der Waals surface area contributed by atoms with Gasteiger partial charge in [-0.05, 0) is 46.1 Å². The summed E-state index contributed by atoms with van der Waals surface area (Å²) in [5.41, 5.74) is -0.485. The minimum Gasteiger partial charge on any atom is -0.396 e. The van der Waals surface area contributed by atoms with Crippen LogP contribution in [0.2, 0.25) is 0 Å². The van der Waals surface area contributed by atoms with Crippen molar-refractivity contribution in [1.82, 2.24) is 10.2 Å². The van der Waals surface area contributed by atoms with E-state index in [4.69, 9.17) is 5.11 Å². The number of carbonyl (C=O) groups excluding carboxylic acids is 1. The first kappa shape index (κ1) is 13.5. The Morgan fingerprint density at radius 1 is 1.56 bits per heavy atom. The molecule has 4 nitrogen and oxygen atoms in total. The molecule has 1 rings (SSSR count). The van der Waals surface area contributed by atoms with E-state index in [-0.39, 0.29) is 12.5 Å². The van der Waals surface area contributed by atoms with Gasteiger partial charge in [0, 0.05) is 19.7 Å². The number of nitrogens with one attached hydrogen (secondary N) is 1. The van der Waals surface area contributed by atoms with E-state index in [1.807, 2.05) is 25.8 Å². The predicted octanol–water partition coefficient (Wildman–Crippen LogP) is 0.605. The number of likely N-dealkylation sites (N-methyl/N-ethyl adjacent to an activating group) is 1. The molecule has 16 heavy (non-hydrogen) atoms. The molecule has 1 aliphatic rings. The zero-order valence-electron chi connectivity index (χ0n) is 10.6. The monoisotopic (exact) mass is 228 g/mol. The van der Waals surface area contributed by atoms with Gasteiger partial charge in [0.2, 0.25) is 5.91 Å². The lowest BCUT2D eigenvalue weighted by Gasteiger charge is -2.37. The molecule has 0 radical (unpaired) electrons. The molecule has 1 fully saturated rings. The molecule has 0 spiro atoms. The van der Waals surface area contributed by atoms with Gasteiger partial charge in [0.25, 0.3) is 0 Å². The van der Waals surface area contributed by atoms with E-state index in [0.29, 0.717) is 5.92 Å². The SMILES string of the molecule is CNC(C)(C)C(=O)N1CCCC(CCO)C1. The van der Waals surface area contributed by atoms with Gasteiger partial charge in [-0.15, -0.1) is 0 Å². The van der Waals surface area contributed by atoms with Crippen molar-refractivity contribution in [2.45, 2.75) is 38.6 Å². The zero-order valence-corrected chi connectivity index (χ0v) is 10.6. The zero-order chi connectivity index (χ0) is 12.2. The van der Waals surface area contributed by atoms with Crippen LogP contribution in [0.4, 0.5) is 0 Å². The first-order valence-corrected chi connectivity index (χ1v) is 6.10. The van der Waals surface area contributed by atoms with E-state index in [9.17, 15) is 4.79 Å². The topological polar surface area (TPSA) is 52.6 Å². The van der Waals surface area contributed by atoms with E-state index in [1.54, 1.807) is 0 Å². The van der Waals surface area contributed by atoms with Gasteiger partial charge >= 0.3 is 0 Å². The normalized spacial score (nSPS) is 22.2. The van der Waals surface area contributed by atoms with Crippen LogP contribution in [0.1, 0.15) is 33.1 Å². The molecular formula is C12H24N2O2. The standard InChI is InChI=1S/C12H24N2O2/c1-12(2,13-3)11(16)14-7-4-5-10(9-14)6-8-15/h10,13,15H,4-9H2,1-3H3. The number of amides is 1. The quantitative estimate of drug-likeness (QED) is 0.741. The fraction of sp³-hybridized carbons (Fsp3) is 0.917. The first-order chi connectivity index (χ1) is 7.51. The van der Waals surface area contributed by atoms with Crippen LogP contribution in [0.3, 0.4) is 0 Å². The van der Waals surface area contributed by atoms with Gasteiger partial charge in [-0.1, -0.05) is 0 Å². The second-order valence-electron chi connectivity index (χ2n) is 5.15. The number of aliphatic hydroxyl groups excluding tert-OH is 1. The van der Waals surface area contributed by atoms with Gasteiger partial charge < -0.3 is 15.3 Å². The van der Waals surface area contributed by atoms with E-state index in [1.165, 1.54) is 0 Å². The number of nitrogens with zero attached hydrogens (tertiary/aromatic N) is 1. The number of carbonyl (C=O) groups is 1. The summed E-state index contributed by atoms with van der Waals surface area (Å²) in [5, 5.41) is 12.0. The van der Waals surface area contributed by atoms with Crippen LogP contribution in [-0.4, -0.2) is 48.2 Å². The third-order valence-corrected chi connectivity index (χ3v) is 3.50. The van der Waals surface area contributed by atoms with Crippen LogP contribution in [0.5, 0.6) is 0 Å². The summed E-state index contributed by atoms with van der Waals surface area (Å²) in [6.45, 7) is 5.69. The van der Waals surface area contributed by atoms with E-state index in [2.05, 4.69) is 5.32 Å². The third-order valence-electron chi connectivity index (χ3n) is 3.50. The summed E-state index contributed by atoms with van der Waals surface area (Å²) in [6, 6.07) is 0. The van der Waals surface area contributed by atoms with Crippen LogP contribution in [-0.2, 0) is 4.79 Å².